The minimum atomic E-state index is -0.411. The number of hydrogen-bond acceptors (Lipinski definition) is 3. The number of aliphatic hydroxyl groups excluding tert-OH is 1. The predicted octanol–water partition coefficient (Wildman–Crippen LogP) is 3.63. The van der Waals surface area contributed by atoms with Crippen LogP contribution in [0.2, 0.25) is 0 Å². The standard InChI is InChI=1S/C18H29NO2/c1-19(2)12-11-18(20)16-9-6-10-17(13-16)21-14-15-7-4-3-5-8-15/h6,9-10,13,15,18,20H,3-5,7-8,11-12,14H2,1-2H3. The van der Waals surface area contributed by atoms with E-state index in [9.17, 15) is 5.11 Å². The van der Waals surface area contributed by atoms with E-state index in [1.807, 2.05) is 38.4 Å². The second-order valence-corrected chi connectivity index (χ2v) is 6.50. The summed E-state index contributed by atoms with van der Waals surface area (Å²) in [6, 6.07) is 7.94. The molecule has 1 aliphatic carbocycles. The summed E-state index contributed by atoms with van der Waals surface area (Å²) in [5.74, 6) is 1.60. The first-order valence-corrected chi connectivity index (χ1v) is 8.20. The molecule has 1 fully saturated rings. The van der Waals surface area contributed by atoms with E-state index >= 15 is 0 Å². The van der Waals surface area contributed by atoms with E-state index in [1.54, 1.807) is 0 Å². The highest BCUT2D eigenvalue weighted by Crippen LogP contribution is 2.26. The van der Waals surface area contributed by atoms with Crippen molar-refractivity contribution in [2.45, 2.75) is 44.6 Å². The van der Waals surface area contributed by atoms with Crippen molar-refractivity contribution >= 4 is 0 Å². The number of aliphatic hydroxyl groups is 1. The van der Waals surface area contributed by atoms with Crippen molar-refractivity contribution in [1.29, 1.82) is 0 Å². The van der Waals surface area contributed by atoms with Crippen molar-refractivity contribution in [3.05, 3.63) is 29.8 Å². The van der Waals surface area contributed by atoms with Gasteiger partial charge in [-0.25, -0.2) is 0 Å². The molecule has 1 unspecified atom stereocenters. The monoisotopic (exact) mass is 291 g/mol. The van der Waals surface area contributed by atoms with Gasteiger partial charge in [0.1, 0.15) is 5.75 Å². The Morgan fingerprint density at radius 3 is 2.71 bits per heavy atom. The van der Waals surface area contributed by atoms with Gasteiger partial charge in [0.15, 0.2) is 0 Å². The molecule has 0 spiro atoms. The smallest absolute Gasteiger partial charge is 0.119 e. The Kier molecular flexibility index (Phi) is 6.52. The molecular formula is C18H29NO2. The fourth-order valence-corrected chi connectivity index (χ4v) is 2.93. The fraction of sp³-hybridized carbons (Fsp3) is 0.667. The average Bonchev–Trinajstić information content (AvgIpc) is 2.52. The molecule has 0 radical (unpaired) electrons. The molecule has 3 nitrogen and oxygen atoms in total. The lowest BCUT2D eigenvalue weighted by Crippen LogP contribution is -2.16. The van der Waals surface area contributed by atoms with Gasteiger partial charge in [0.05, 0.1) is 12.7 Å². The Morgan fingerprint density at radius 2 is 2.00 bits per heavy atom. The van der Waals surface area contributed by atoms with Crippen molar-refractivity contribution in [3.63, 3.8) is 0 Å². The van der Waals surface area contributed by atoms with Gasteiger partial charge in [-0.1, -0.05) is 31.4 Å². The maximum atomic E-state index is 10.2. The van der Waals surface area contributed by atoms with Gasteiger partial charge in [0.25, 0.3) is 0 Å². The van der Waals surface area contributed by atoms with Crippen LogP contribution in [-0.2, 0) is 0 Å². The maximum Gasteiger partial charge on any atom is 0.119 e. The highest BCUT2D eigenvalue weighted by Gasteiger charge is 2.14. The van der Waals surface area contributed by atoms with Crippen LogP contribution in [0.15, 0.2) is 24.3 Å². The summed E-state index contributed by atoms with van der Waals surface area (Å²) in [6.45, 7) is 1.70. The Bertz CT molecular complexity index is 413. The molecule has 21 heavy (non-hydrogen) atoms. The molecule has 1 aromatic carbocycles. The normalized spacial score (nSPS) is 17.9. The third-order valence-electron chi connectivity index (χ3n) is 4.30. The molecule has 0 heterocycles. The van der Waals surface area contributed by atoms with Crippen LogP contribution < -0.4 is 4.74 Å². The van der Waals surface area contributed by atoms with Gasteiger partial charge in [0.2, 0.25) is 0 Å². The summed E-state index contributed by atoms with van der Waals surface area (Å²) in [7, 11) is 4.05. The summed E-state index contributed by atoms with van der Waals surface area (Å²) in [4.78, 5) is 2.09. The van der Waals surface area contributed by atoms with Crippen LogP contribution in [0.1, 0.15) is 50.2 Å². The summed E-state index contributed by atoms with van der Waals surface area (Å²) < 4.78 is 5.94. The molecule has 118 valence electrons. The summed E-state index contributed by atoms with van der Waals surface area (Å²) in [5, 5.41) is 10.2. The third kappa shape index (κ3) is 5.68. The molecule has 0 aliphatic heterocycles. The van der Waals surface area contributed by atoms with Crippen molar-refractivity contribution in [1.82, 2.24) is 4.90 Å². The molecule has 1 aromatic rings. The number of rotatable bonds is 7. The molecule has 0 bridgehead atoms. The van der Waals surface area contributed by atoms with Gasteiger partial charge < -0.3 is 14.7 Å². The lowest BCUT2D eigenvalue weighted by Gasteiger charge is -2.22. The van der Waals surface area contributed by atoms with Crippen LogP contribution in [-0.4, -0.2) is 37.3 Å². The van der Waals surface area contributed by atoms with Gasteiger partial charge in [0, 0.05) is 6.54 Å². The van der Waals surface area contributed by atoms with Crippen LogP contribution in [0.4, 0.5) is 0 Å². The van der Waals surface area contributed by atoms with Crippen LogP contribution in [0.25, 0.3) is 0 Å². The van der Waals surface area contributed by atoms with Gasteiger partial charge in [-0.15, -0.1) is 0 Å². The average molecular weight is 291 g/mol. The lowest BCUT2D eigenvalue weighted by molar-refractivity contribution is 0.153. The van der Waals surface area contributed by atoms with E-state index in [0.29, 0.717) is 5.92 Å². The van der Waals surface area contributed by atoms with E-state index < -0.39 is 6.10 Å². The Hall–Kier alpha value is -1.06. The lowest BCUT2D eigenvalue weighted by atomic mass is 9.90. The van der Waals surface area contributed by atoms with Gasteiger partial charge >= 0.3 is 0 Å². The molecule has 0 aromatic heterocycles. The molecule has 0 saturated heterocycles. The Morgan fingerprint density at radius 1 is 1.24 bits per heavy atom. The van der Waals surface area contributed by atoms with Crippen molar-refractivity contribution < 1.29 is 9.84 Å². The van der Waals surface area contributed by atoms with Crippen molar-refractivity contribution in [2.75, 3.05) is 27.2 Å². The maximum absolute atomic E-state index is 10.2. The number of benzene rings is 1. The van der Waals surface area contributed by atoms with Gasteiger partial charge in [-0.2, -0.15) is 0 Å². The number of ether oxygens (including phenoxy) is 1. The van der Waals surface area contributed by atoms with E-state index in [1.165, 1.54) is 32.1 Å². The van der Waals surface area contributed by atoms with Crippen LogP contribution in [0, 0.1) is 5.92 Å². The number of hydrogen-bond donors (Lipinski definition) is 1. The Labute approximate surface area is 128 Å². The molecule has 1 N–H and O–H groups in total. The van der Waals surface area contributed by atoms with E-state index in [0.717, 1.165) is 30.9 Å². The predicted molar refractivity (Wildman–Crippen MR) is 86.6 cm³/mol. The first-order chi connectivity index (χ1) is 10.1. The van der Waals surface area contributed by atoms with Crippen LogP contribution in [0.3, 0.4) is 0 Å². The molecule has 2 rings (SSSR count). The van der Waals surface area contributed by atoms with Gasteiger partial charge in [-0.05, 0) is 57.0 Å². The second kappa shape index (κ2) is 8.40. The molecule has 3 heteroatoms. The highest BCUT2D eigenvalue weighted by atomic mass is 16.5. The highest BCUT2D eigenvalue weighted by molar-refractivity contribution is 5.29. The molecular weight excluding hydrogens is 262 g/mol. The van der Waals surface area contributed by atoms with Crippen molar-refractivity contribution in [3.8, 4) is 5.75 Å². The summed E-state index contributed by atoms with van der Waals surface area (Å²) in [5.41, 5.74) is 0.956. The van der Waals surface area contributed by atoms with E-state index in [4.69, 9.17) is 4.74 Å². The summed E-state index contributed by atoms with van der Waals surface area (Å²) in [6.07, 6.45) is 7.00. The molecule has 1 saturated carbocycles. The zero-order valence-corrected chi connectivity index (χ0v) is 13.4. The third-order valence-corrected chi connectivity index (χ3v) is 4.30. The second-order valence-electron chi connectivity index (χ2n) is 6.50. The quantitative estimate of drug-likeness (QED) is 0.832. The molecule has 1 aliphatic rings. The van der Waals surface area contributed by atoms with Crippen LogP contribution in [0.5, 0.6) is 5.75 Å². The largest absolute Gasteiger partial charge is 0.493 e. The Balaban J connectivity index is 1.84. The SMILES string of the molecule is CN(C)CCC(O)c1cccc(OCC2CCCCC2)c1. The fourth-order valence-electron chi connectivity index (χ4n) is 2.93. The first kappa shape index (κ1) is 16.3. The summed E-state index contributed by atoms with van der Waals surface area (Å²) >= 11 is 0. The molecule has 1 atom stereocenters. The number of nitrogens with zero attached hydrogens (tertiary/aromatic N) is 1. The van der Waals surface area contributed by atoms with E-state index in [-0.39, 0.29) is 0 Å². The topological polar surface area (TPSA) is 32.7 Å². The van der Waals surface area contributed by atoms with E-state index in [2.05, 4.69) is 4.90 Å². The van der Waals surface area contributed by atoms with Gasteiger partial charge in [-0.3, -0.25) is 0 Å². The van der Waals surface area contributed by atoms with Crippen LogP contribution >= 0.6 is 0 Å². The van der Waals surface area contributed by atoms with Crippen molar-refractivity contribution in [2.24, 2.45) is 5.92 Å². The zero-order chi connectivity index (χ0) is 15.1. The minimum Gasteiger partial charge on any atom is -0.493 e. The molecule has 0 amide bonds. The first-order valence-electron chi connectivity index (χ1n) is 8.20. The minimum absolute atomic E-state index is 0.411. The zero-order valence-electron chi connectivity index (χ0n) is 13.4.